The molecule has 118 valence electrons. The molecule has 0 saturated carbocycles. The average Bonchev–Trinajstić information content (AvgIpc) is 2.92. The molecule has 3 N–H and O–H groups in total. The number of fused-ring (bicyclic) bond motifs is 1. The van der Waals surface area contributed by atoms with Gasteiger partial charge in [0, 0.05) is 17.4 Å². The van der Waals surface area contributed by atoms with E-state index in [9.17, 15) is 13.2 Å². The Balaban J connectivity index is 2.13. The molecule has 2 heterocycles. The molecular weight excluding hydrogens is 318 g/mol. The first-order chi connectivity index (χ1) is 10.8. The fraction of sp³-hybridized carbons (Fsp3) is 0.0714. The van der Waals surface area contributed by atoms with Crippen molar-refractivity contribution < 1.29 is 13.2 Å². The minimum absolute atomic E-state index is 0.237. The summed E-state index contributed by atoms with van der Waals surface area (Å²) in [6.07, 6.45) is 4.09. The van der Waals surface area contributed by atoms with Gasteiger partial charge in [0.15, 0.2) is 5.65 Å². The van der Waals surface area contributed by atoms with Crippen LogP contribution in [0.1, 0.15) is 10.4 Å². The topological polar surface area (TPSA) is 119 Å². The van der Waals surface area contributed by atoms with Gasteiger partial charge >= 0.3 is 0 Å². The number of nitrogens with one attached hydrogen (secondary N) is 1. The van der Waals surface area contributed by atoms with Crippen LogP contribution in [0.25, 0.3) is 16.8 Å². The lowest BCUT2D eigenvalue weighted by atomic mass is 10.0. The molecule has 0 aliphatic heterocycles. The molecule has 0 aliphatic rings. The molecule has 0 unspecified atom stereocenters. The molecule has 0 spiro atoms. The average molecular weight is 331 g/mol. The lowest BCUT2D eigenvalue weighted by Gasteiger charge is -2.08. The van der Waals surface area contributed by atoms with Gasteiger partial charge in [-0.1, -0.05) is 12.1 Å². The van der Waals surface area contributed by atoms with Crippen molar-refractivity contribution in [2.75, 3.05) is 11.0 Å². The molecule has 0 saturated heterocycles. The summed E-state index contributed by atoms with van der Waals surface area (Å²) in [5.74, 6) is -0.615. The zero-order valence-electron chi connectivity index (χ0n) is 12.1. The van der Waals surface area contributed by atoms with E-state index in [1.807, 2.05) is 0 Å². The number of primary amides is 1. The van der Waals surface area contributed by atoms with Crippen LogP contribution in [0.5, 0.6) is 0 Å². The third-order valence-corrected chi connectivity index (χ3v) is 3.75. The van der Waals surface area contributed by atoms with Crippen molar-refractivity contribution in [3.8, 4) is 11.1 Å². The second-order valence-corrected chi connectivity index (χ2v) is 6.74. The zero-order valence-corrected chi connectivity index (χ0v) is 12.9. The quantitative estimate of drug-likeness (QED) is 0.735. The van der Waals surface area contributed by atoms with Gasteiger partial charge in [0.2, 0.25) is 10.0 Å². The number of carbonyl (C=O) groups is 1. The normalized spacial score (nSPS) is 11.5. The summed E-state index contributed by atoms with van der Waals surface area (Å²) in [5.41, 5.74) is 7.78. The summed E-state index contributed by atoms with van der Waals surface area (Å²) in [4.78, 5) is 15.6. The van der Waals surface area contributed by atoms with Crippen LogP contribution in [0.4, 0.5) is 5.69 Å². The minimum atomic E-state index is -3.38. The molecule has 8 nitrogen and oxygen atoms in total. The molecule has 3 rings (SSSR count). The maximum absolute atomic E-state index is 11.6. The van der Waals surface area contributed by atoms with Gasteiger partial charge < -0.3 is 5.73 Å². The first-order valence-electron chi connectivity index (χ1n) is 6.55. The fourth-order valence-corrected chi connectivity index (χ4v) is 2.80. The summed E-state index contributed by atoms with van der Waals surface area (Å²) >= 11 is 0. The number of sulfonamides is 1. The highest BCUT2D eigenvalue weighted by atomic mass is 32.2. The molecule has 0 radical (unpaired) electrons. The molecule has 0 atom stereocenters. The van der Waals surface area contributed by atoms with E-state index in [2.05, 4.69) is 14.8 Å². The predicted molar refractivity (Wildman–Crippen MR) is 85.4 cm³/mol. The number of hydrogen-bond acceptors (Lipinski definition) is 5. The lowest BCUT2D eigenvalue weighted by molar-refractivity contribution is 0.100. The monoisotopic (exact) mass is 331 g/mol. The molecule has 0 bridgehead atoms. The molecule has 9 heteroatoms. The number of anilines is 1. The van der Waals surface area contributed by atoms with E-state index < -0.39 is 15.9 Å². The summed E-state index contributed by atoms with van der Waals surface area (Å²) < 4.78 is 26.5. The van der Waals surface area contributed by atoms with Crippen molar-refractivity contribution in [3.63, 3.8) is 0 Å². The van der Waals surface area contributed by atoms with Crippen LogP contribution in [0.15, 0.2) is 42.9 Å². The molecule has 1 amide bonds. The summed E-state index contributed by atoms with van der Waals surface area (Å²) in [7, 11) is -3.38. The van der Waals surface area contributed by atoms with E-state index in [1.54, 1.807) is 36.5 Å². The second kappa shape index (κ2) is 5.36. The van der Waals surface area contributed by atoms with Crippen LogP contribution in [0, 0.1) is 0 Å². The van der Waals surface area contributed by atoms with Crippen LogP contribution in [-0.4, -0.2) is 35.2 Å². The van der Waals surface area contributed by atoms with Crippen molar-refractivity contribution in [1.29, 1.82) is 0 Å². The van der Waals surface area contributed by atoms with Crippen LogP contribution in [-0.2, 0) is 10.0 Å². The van der Waals surface area contributed by atoms with Crippen LogP contribution in [0.2, 0.25) is 0 Å². The van der Waals surface area contributed by atoms with Crippen molar-refractivity contribution in [2.45, 2.75) is 0 Å². The number of pyridine rings is 1. The maximum atomic E-state index is 11.6. The van der Waals surface area contributed by atoms with Crippen molar-refractivity contribution in [3.05, 3.63) is 48.4 Å². The van der Waals surface area contributed by atoms with Gasteiger partial charge in [-0.3, -0.25) is 9.52 Å². The molecule has 0 fully saturated rings. The molecule has 1 aromatic carbocycles. The van der Waals surface area contributed by atoms with Crippen LogP contribution in [0.3, 0.4) is 0 Å². The molecular formula is C14H13N5O3S. The van der Waals surface area contributed by atoms with Gasteiger partial charge in [0.1, 0.15) is 6.33 Å². The Morgan fingerprint density at radius 1 is 1.26 bits per heavy atom. The first kappa shape index (κ1) is 15.0. The Labute approximate surface area is 132 Å². The zero-order chi connectivity index (χ0) is 16.6. The van der Waals surface area contributed by atoms with Gasteiger partial charge in [-0.2, -0.15) is 5.10 Å². The van der Waals surface area contributed by atoms with Gasteiger partial charge in [-0.15, -0.1) is 0 Å². The number of hydrogen-bond donors (Lipinski definition) is 2. The van der Waals surface area contributed by atoms with E-state index in [0.29, 0.717) is 22.5 Å². The highest BCUT2D eigenvalue weighted by molar-refractivity contribution is 7.92. The van der Waals surface area contributed by atoms with Crippen molar-refractivity contribution >= 4 is 27.3 Å². The van der Waals surface area contributed by atoms with Gasteiger partial charge in [0.25, 0.3) is 5.91 Å². The minimum Gasteiger partial charge on any atom is -0.365 e. The van der Waals surface area contributed by atoms with Gasteiger partial charge in [-0.25, -0.2) is 17.9 Å². The molecule has 0 aliphatic carbocycles. The molecule has 3 aromatic rings. The van der Waals surface area contributed by atoms with Crippen molar-refractivity contribution in [1.82, 2.24) is 14.6 Å². The SMILES string of the molecule is CS(=O)(=O)Nc1cccc(-c2cc(C(N)=O)c3ncnn3c2)c1. The van der Waals surface area contributed by atoms with Gasteiger partial charge in [-0.05, 0) is 23.8 Å². The third kappa shape index (κ3) is 3.14. The van der Waals surface area contributed by atoms with E-state index in [-0.39, 0.29) is 5.56 Å². The van der Waals surface area contributed by atoms with E-state index >= 15 is 0 Å². The van der Waals surface area contributed by atoms with Crippen molar-refractivity contribution in [2.24, 2.45) is 5.73 Å². The molecule has 23 heavy (non-hydrogen) atoms. The Bertz CT molecular complexity index is 1010. The predicted octanol–water partition coefficient (Wildman–Crippen LogP) is 0.867. The number of nitrogens with two attached hydrogens (primary N) is 1. The Hall–Kier alpha value is -2.94. The lowest BCUT2D eigenvalue weighted by Crippen LogP contribution is -2.13. The summed E-state index contributed by atoms with van der Waals surface area (Å²) in [5, 5.41) is 4.02. The number of carbonyl (C=O) groups excluding carboxylic acids is 1. The Morgan fingerprint density at radius 2 is 2.04 bits per heavy atom. The number of rotatable bonds is 4. The van der Waals surface area contributed by atoms with E-state index in [0.717, 1.165) is 6.26 Å². The van der Waals surface area contributed by atoms with Crippen LogP contribution < -0.4 is 10.5 Å². The maximum Gasteiger partial charge on any atom is 0.252 e. The number of benzene rings is 1. The highest BCUT2D eigenvalue weighted by Gasteiger charge is 2.13. The largest absolute Gasteiger partial charge is 0.365 e. The smallest absolute Gasteiger partial charge is 0.252 e. The summed E-state index contributed by atoms with van der Waals surface area (Å²) in [6.45, 7) is 0. The standard InChI is InChI=1S/C14H13N5O3S/c1-23(21,22)18-11-4-2-3-9(5-11)10-6-12(13(15)20)14-16-8-17-19(14)7-10/h2-8,18H,1H3,(H2,15,20). The fourth-order valence-electron chi connectivity index (χ4n) is 2.24. The number of amides is 1. The third-order valence-electron chi connectivity index (χ3n) is 3.14. The Morgan fingerprint density at radius 3 is 2.74 bits per heavy atom. The highest BCUT2D eigenvalue weighted by Crippen LogP contribution is 2.25. The van der Waals surface area contributed by atoms with E-state index in [1.165, 1.54) is 10.8 Å². The Kier molecular flexibility index (Phi) is 3.49. The van der Waals surface area contributed by atoms with Gasteiger partial charge in [0.05, 0.1) is 11.8 Å². The molecule has 2 aromatic heterocycles. The number of aromatic nitrogens is 3. The first-order valence-corrected chi connectivity index (χ1v) is 8.44. The van der Waals surface area contributed by atoms with Crippen LogP contribution >= 0.6 is 0 Å². The number of nitrogens with zero attached hydrogens (tertiary/aromatic N) is 3. The second-order valence-electron chi connectivity index (χ2n) is 4.99. The van der Waals surface area contributed by atoms with E-state index in [4.69, 9.17) is 5.73 Å². The summed E-state index contributed by atoms with van der Waals surface area (Å²) in [6, 6.07) is 8.39.